The Morgan fingerprint density at radius 1 is 0.953 bits per heavy atom. The van der Waals surface area contributed by atoms with Crippen LogP contribution in [0.5, 0.6) is 11.5 Å². The van der Waals surface area contributed by atoms with E-state index in [0.29, 0.717) is 12.0 Å². The van der Waals surface area contributed by atoms with Crippen molar-refractivity contribution in [3.8, 4) is 11.5 Å². The van der Waals surface area contributed by atoms with E-state index in [0.717, 1.165) is 5.56 Å². The van der Waals surface area contributed by atoms with Crippen molar-refractivity contribution in [1.29, 1.82) is 0 Å². The zero-order chi connectivity index (χ0) is 30.7. The smallest absolute Gasteiger partial charge is 0.508 e. The van der Waals surface area contributed by atoms with Gasteiger partial charge in [0, 0.05) is 32.0 Å². The van der Waals surface area contributed by atoms with Gasteiger partial charge in [-0.05, 0) is 35.7 Å². The van der Waals surface area contributed by atoms with Gasteiger partial charge in [-0.1, -0.05) is 60.7 Å². The van der Waals surface area contributed by atoms with Crippen molar-refractivity contribution in [2.45, 2.75) is 44.4 Å². The van der Waals surface area contributed by atoms with E-state index in [4.69, 9.17) is 0 Å². The Morgan fingerprint density at radius 3 is 2.33 bits per heavy atom. The largest absolute Gasteiger partial charge is 0.573 e. The lowest BCUT2D eigenvalue weighted by atomic mass is 9.98. The lowest BCUT2D eigenvalue weighted by Crippen LogP contribution is -2.75. The summed E-state index contributed by atoms with van der Waals surface area (Å²) in [6.07, 6.45) is -5.13. The van der Waals surface area contributed by atoms with Gasteiger partial charge in [0.1, 0.15) is 23.7 Å². The number of halogens is 3. The normalized spacial score (nSPS) is 19.4. The van der Waals surface area contributed by atoms with Gasteiger partial charge < -0.3 is 19.6 Å². The van der Waals surface area contributed by atoms with Crippen molar-refractivity contribution in [3.63, 3.8) is 0 Å². The molecule has 3 amide bonds. The number of hydrogen-bond donors (Lipinski definition) is 1. The second-order valence-corrected chi connectivity index (χ2v) is 10.6. The van der Waals surface area contributed by atoms with Crippen molar-refractivity contribution < 1.29 is 37.4 Å². The molecule has 2 fully saturated rings. The lowest BCUT2D eigenvalue weighted by Gasteiger charge is -2.54. The number of likely N-dealkylation sites (N-methyl/N-ethyl adjacent to an activating group) is 1. The maximum Gasteiger partial charge on any atom is 0.573 e. The zero-order valence-corrected chi connectivity index (χ0v) is 23.4. The fourth-order valence-electron chi connectivity index (χ4n) is 5.64. The van der Waals surface area contributed by atoms with Crippen LogP contribution in [0.3, 0.4) is 0 Å². The minimum atomic E-state index is -4.93. The summed E-state index contributed by atoms with van der Waals surface area (Å²) < 4.78 is 43.6. The number of carbonyl (C=O) groups excluding carboxylic acids is 3. The lowest BCUT2D eigenvalue weighted by molar-refractivity contribution is -0.275. The quantitative estimate of drug-likeness (QED) is 0.426. The fraction of sp³-hybridized carbons (Fsp3) is 0.323. The third-order valence-electron chi connectivity index (χ3n) is 7.59. The Kier molecular flexibility index (Phi) is 8.58. The van der Waals surface area contributed by atoms with Gasteiger partial charge in [0.15, 0.2) is 0 Å². The Balaban J connectivity index is 1.48. The molecule has 0 aliphatic carbocycles. The molecule has 2 aliphatic heterocycles. The van der Waals surface area contributed by atoms with Crippen LogP contribution in [0, 0.1) is 0 Å². The molecule has 12 heteroatoms. The molecule has 0 spiro atoms. The number of alkyl halides is 3. The third kappa shape index (κ3) is 6.91. The molecule has 0 saturated carbocycles. The number of aromatic hydroxyl groups is 1. The Labute approximate surface area is 246 Å². The fourth-order valence-corrected chi connectivity index (χ4v) is 5.64. The summed E-state index contributed by atoms with van der Waals surface area (Å²) in [6.45, 7) is -0.473. The molecule has 43 heavy (non-hydrogen) atoms. The van der Waals surface area contributed by atoms with Crippen LogP contribution in [0.2, 0.25) is 0 Å². The van der Waals surface area contributed by atoms with Crippen LogP contribution < -0.4 is 4.74 Å². The number of piperazine rings is 1. The number of nitrogens with zero attached hydrogens (tertiary/aromatic N) is 4. The van der Waals surface area contributed by atoms with Crippen LogP contribution in [-0.4, -0.2) is 81.4 Å². The van der Waals surface area contributed by atoms with Crippen molar-refractivity contribution in [2.24, 2.45) is 0 Å². The van der Waals surface area contributed by atoms with E-state index in [2.05, 4.69) is 4.74 Å². The number of aryl methyl sites for hydroxylation is 1. The number of phenolic OH excluding ortho intramolecular Hbond substituents is 1. The first-order valence-electron chi connectivity index (χ1n) is 13.8. The summed E-state index contributed by atoms with van der Waals surface area (Å²) in [4.78, 5) is 43.9. The molecule has 2 atom stereocenters. The number of carbonyl (C=O) groups is 3. The first-order chi connectivity index (χ1) is 20.5. The molecule has 0 radical (unpaired) electrons. The molecular weight excluding hydrogens is 565 g/mol. The molecule has 1 N–H and O–H groups in total. The van der Waals surface area contributed by atoms with Gasteiger partial charge >= 0.3 is 6.36 Å². The number of ether oxygens (including phenoxy) is 1. The number of hydrazine groups is 1. The summed E-state index contributed by atoms with van der Waals surface area (Å²) in [5.41, 5.74) is 1.75. The summed E-state index contributed by atoms with van der Waals surface area (Å²) in [7, 11) is 1.62. The monoisotopic (exact) mass is 596 g/mol. The number of benzene rings is 3. The average Bonchev–Trinajstić information content (AvgIpc) is 2.96. The van der Waals surface area contributed by atoms with Crippen LogP contribution >= 0.6 is 0 Å². The van der Waals surface area contributed by atoms with E-state index in [-0.39, 0.29) is 55.6 Å². The summed E-state index contributed by atoms with van der Waals surface area (Å²) in [6, 6.07) is 20.2. The highest BCUT2D eigenvalue weighted by atomic mass is 19.4. The molecule has 0 aromatic heterocycles. The number of para-hydroxylation sites is 1. The summed E-state index contributed by atoms with van der Waals surface area (Å²) >= 11 is 0. The Morgan fingerprint density at radius 2 is 1.63 bits per heavy atom. The van der Waals surface area contributed by atoms with E-state index in [1.54, 1.807) is 25.2 Å². The van der Waals surface area contributed by atoms with Crippen molar-refractivity contribution in [3.05, 3.63) is 95.6 Å². The maximum absolute atomic E-state index is 14.0. The molecule has 0 unspecified atom stereocenters. The van der Waals surface area contributed by atoms with E-state index in [1.165, 1.54) is 50.1 Å². The average molecular weight is 597 g/mol. The first-order valence-corrected chi connectivity index (χ1v) is 13.8. The molecule has 0 bridgehead atoms. The number of rotatable bonds is 8. The van der Waals surface area contributed by atoms with Crippen LogP contribution in [0.1, 0.15) is 23.1 Å². The third-order valence-corrected chi connectivity index (χ3v) is 7.59. The van der Waals surface area contributed by atoms with Crippen molar-refractivity contribution in [2.75, 3.05) is 20.1 Å². The summed E-state index contributed by atoms with van der Waals surface area (Å²) in [5.74, 6) is -1.48. The van der Waals surface area contributed by atoms with Crippen molar-refractivity contribution >= 4 is 17.7 Å². The molecular formula is C31H31F3N4O5. The number of phenols is 1. The van der Waals surface area contributed by atoms with Crippen LogP contribution in [0.15, 0.2) is 78.9 Å². The molecule has 2 heterocycles. The van der Waals surface area contributed by atoms with Crippen LogP contribution in [-0.2, 0) is 33.8 Å². The molecule has 2 saturated heterocycles. The van der Waals surface area contributed by atoms with Gasteiger partial charge in [-0.2, -0.15) is 0 Å². The van der Waals surface area contributed by atoms with Gasteiger partial charge in [-0.15, -0.1) is 13.2 Å². The van der Waals surface area contributed by atoms with E-state index in [9.17, 15) is 32.7 Å². The highest BCUT2D eigenvalue weighted by Gasteiger charge is 2.50. The van der Waals surface area contributed by atoms with Crippen molar-refractivity contribution in [1.82, 2.24) is 19.8 Å². The van der Waals surface area contributed by atoms with Crippen LogP contribution in [0.4, 0.5) is 13.2 Å². The maximum atomic E-state index is 14.0. The number of fused-ring (bicyclic) bond motifs is 1. The predicted molar refractivity (Wildman–Crippen MR) is 149 cm³/mol. The minimum Gasteiger partial charge on any atom is -0.508 e. The SMILES string of the molecule is CN1CC(=O)N2[C@@H](Cc3ccc(O)cc3)C(=O)N(Cc3ccccc3OC(F)(F)F)C[C@@H]2N1C(=O)CCc1ccccc1. The van der Waals surface area contributed by atoms with E-state index >= 15 is 0 Å². The van der Waals surface area contributed by atoms with Gasteiger partial charge in [0.05, 0.1) is 13.1 Å². The van der Waals surface area contributed by atoms with E-state index in [1.807, 2.05) is 30.3 Å². The standard InChI is InChI=1S/C31H31F3N4O5/c1-35-20-29(41)37-25(17-22-11-14-24(39)15-12-22)30(42)36(18-23-9-5-6-10-26(23)43-31(32,33)34)19-27(37)38(35)28(40)16-13-21-7-3-2-4-8-21/h2-12,14-15,25,27,39H,13,16-20H2,1H3/t25-,27-/m0/s1. The Bertz CT molecular complexity index is 1470. The highest BCUT2D eigenvalue weighted by Crippen LogP contribution is 2.32. The second-order valence-electron chi connectivity index (χ2n) is 10.6. The predicted octanol–water partition coefficient (Wildman–Crippen LogP) is 3.72. The summed E-state index contributed by atoms with van der Waals surface area (Å²) in [5, 5.41) is 12.7. The molecule has 3 aromatic carbocycles. The van der Waals surface area contributed by atoms with Crippen LogP contribution in [0.25, 0.3) is 0 Å². The van der Waals surface area contributed by atoms with Gasteiger partial charge in [-0.25, -0.2) is 5.01 Å². The van der Waals surface area contributed by atoms with E-state index < -0.39 is 30.2 Å². The molecule has 3 aromatic rings. The molecule has 5 rings (SSSR count). The minimum absolute atomic E-state index is 0.0327. The zero-order valence-electron chi connectivity index (χ0n) is 23.4. The molecule has 226 valence electrons. The molecule has 2 aliphatic rings. The number of amides is 3. The highest BCUT2D eigenvalue weighted by molar-refractivity contribution is 5.92. The van der Waals surface area contributed by atoms with Gasteiger partial charge in [0.2, 0.25) is 17.7 Å². The first kappa shape index (κ1) is 29.9. The number of hydrogen-bond acceptors (Lipinski definition) is 6. The Hall–Kier alpha value is -4.58. The topological polar surface area (TPSA) is 93.6 Å². The molecule has 9 nitrogen and oxygen atoms in total. The van der Waals surface area contributed by atoms with Gasteiger partial charge in [0.25, 0.3) is 0 Å². The van der Waals surface area contributed by atoms with Gasteiger partial charge in [-0.3, -0.25) is 19.4 Å². The second kappa shape index (κ2) is 12.3.